The number of carbonyl (C=O) groups is 1. The minimum absolute atomic E-state index is 0.187. The number of fused-ring (bicyclic) bond motifs is 2. The summed E-state index contributed by atoms with van der Waals surface area (Å²) in [5.74, 6) is 0.386. The van der Waals surface area contributed by atoms with Gasteiger partial charge in [-0.25, -0.2) is 14.8 Å². The highest BCUT2D eigenvalue weighted by molar-refractivity contribution is 5.89. The first-order chi connectivity index (χ1) is 18.4. The number of benzene rings is 1. The fraction of sp³-hybridized carbons (Fsp3) is 0.519. The number of aromatic nitrogens is 3. The number of nitrogen functional groups attached to an aromatic ring is 1. The lowest BCUT2D eigenvalue weighted by atomic mass is 10.1. The predicted molar refractivity (Wildman–Crippen MR) is 144 cm³/mol. The van der Waals surface area contributed by atoms with Crippen molar-refractivity contribution in [3.05, 3.63) is 48.4 Å². The monoisotopic (exact) mass is 523 g/mol. The molecular weight excluding hydrogens is 486 g/mol. The van der Waals surface area contributed by atoms with Crippen LogP contribution in [0.3, 0.4) is 0 Å². The summed E-state index contributed by atoms with van der Waals surface area (Å²) in [6.07, 6.45) is 4.95. The van der Waals surface area contributed by atoms with Gasteiger partial charge in [-0.05, 0) is 49.9 Å². The van der Waals surface area contributed by atoms with Gasteiger partial charge in [-0.1, -0.05) is 25.5 Å². The van der Waals surface area contributed by atoms with Gasteiger partial charge in [0.05, 0.1) is 5.39 Å². The molecule has 11 heteroatoms. The molecule has 2 saturated heterocycles. The second-order valence-electron chi connectivity index (χ2n) is 10.0. The number of nitrogens with one attached hydrogen (secondary N) is 2. The lowest BCUT2D eigenvalue weighted by molar-refractivity contribution is -0.176. The number of hydrogen-bond acceptors (Lipinski definition) is 8. The Morgan fingerprint density at radius 1 is 1.18 bits per heavy atom. The van der Waals surface area contributed by atoms with E-state index in [1.54, 1.807) is 10.8 Å². The van der Waals surface area contributed by atoms with Crippen molar-refractivity contribution in [3.63, 3.8) is 0 Å². The molecule has 3 unspecified atom stereocenters. The number of aryl methyl sites for hydroxylation is 1. The maximum absolute atomic E-state index is 12.3. The van der Waals surface area contributed by atoms with Gasteiger partial charge in [-0.15, -0.1) is 0 Å². The number of unbranched alkanes of at least 4 members (excludes halogenated alkanes) is 1. The number of aliphatic hydroxyl groups excluding tert-OH is 1. The first-order valence-corrected chi connectivity index (χ1v) is 13.4. The topological polar surface area (TPSA) is 140 Å². The Morgan fingerprint density at radius 3 is 2.79 bits per heavy atom. The lowest BCUT2D eigenvalue weighted by Crippen LogP contribution is -2.54. The van der Waals surface area contributed by atoms with E-state index >= 15 is 0 Å². The number of aliphatic hydroxyl groups is 1. The highest BCUT2D eigenvalue weighted by Gasteiger charge is 2.50. The Labute approximate surface area is 222 Å². The number of urea groups is 1. The number of ether oxygens (including phenoxy) is 2. The Hall–Kier alpha value is -3.25. The lowest BCUT2D eigenvalue weighted by Gasteiger charge is -2.39. The van der Waals surface area contributed by atoms with Crippen LogP contribution in [-0.4, -0.2) is 74.7 Å². The highest BCUT2D eigenvalue weighted by atomic mass is 16.6. The first-order valence-electron chi connectivity index (χ1n) is 13.4. The van der Waals surface area contributed by atoms with Crippen LogP contribution in [0.1, 0.15) is 44.9 Å². The first kappa shape index (κ1) is 26.4. The van der Waals surface area contributed by atoms with Gasteiger partial charge in [-0.3, -0.25) is 4.90 Å². The third-order valence-electron chi connectivity index (χ3n) is 7.34. The molecule has 5 N–H and O–H groups in total. The summed E-state index contributed by atoms with van der Waals surface area (Å²) >= 11 is 0. The fourth-order valence-corrected chi connectivity index (χ4v) is 5.22. The molecule has 2 fully saturated rings. The zero-order valence-corrected chi connectivity index (χ0v) is 21.9. The number of nitrogens with zero attached hydrogens (tertiary/aromatic N) is 4. The molecule has 0 spiro atoms. The van der Waals surface area contributed by atoms with Crippen molar-refractivity contribution < 1.29 is 19.4 Å². The van der Waals surface area contributed by atoms with Crippen molar-refractivity contribution >= 4 is 28.6 Å². The van der Waals surface area contributed by atoms with Gasteiger partial charge in [0.2, 0.25) is 0 Å². The third kappa shape index (κ3) is 5.60. The van der Waals surface area contributed by atoms with Crippen molar-refractivity contribution in [2.24, 2.45) is 0 Å². The summed E-state index contributed by atoms with van der Waals surface area (Å²) in [7, 11) is 0. The average Bonchev–Trinajstić information content (AvgIpc) is 3.48. The van der Waals surface area contributed by atoms with Crippen molar-refractivity contribution in [2.45, 2.75) is 70.3 Å². The Morgan fingerprint density at radius 2 is 2.00 bits per heavy atom. The van der Waals surface area contributed by atoms with Gasteiger partial charge in [0.25, 0.3) is 0 Å². The van der Waals surface area contributed by atoms with Crippen molar-refractivity contribution in [2.75, 3.05) is 30.7 Å². The number of carbonyl (C=O) groups excluding carboxylic acids is 1. The summed E-state index contributed by atoms with van der Waals surface area (Å²) in [6, 6.07) is 9.60. The zero-order chi connectivity index (χ0) is 26.6. The molecule has 0 radical (unpaired) electrons. The molecule has 2 aromatic heterocycles. The summed E-state index contributed by atoms with van der Waals surface area (Å²) in [5, 5.41) is 17.5. The molecule has 2 amide bonds. The maximum Gasteiger partial charge on any atom is 0.319 e. The summed E-state index contributed by atoms with van der Waals surface area (Å²) in [5.41, 5.74) is 8.64. The summed E-state index contributed by atoms with van der Waals surface area (Å²) in [6.45, 7) is 6.02. The minimum Gasteiger partial charge on any atom is -0.386 e. The normalized spacial score (nSPS) is 25.4. The molecule has 3 aromatic rings. The van der Waals surface area contributed by atoms with E-state index in [4.69, 9.17) is 15.2 Å². The van der Waals surface area contributed by atoms with E-state index in [-0.39, 0.29) is 18.4 Å². The quantitative estimate of drug-likeness (QED) is 0.314. The van der Waals surface area contributed by atoms with E-state index in [9.17, 15) is 9.90 Å². The summed E-state index contributed by atoms with van der Waals surface area (Å²) in [4.78, 5) is 22.8. The van der Waals surface area contributed by atoms with E-state index in [1.807, 2.05) is 25.1 Å². The molecule has 5 rings (SSSR count). The van der Waals surface area contributed by atoms with E-state index in [1.165, 1.54) is 18.3 Å². The molecule has 0 aliphatic carbocycles. The van der Waals surface area contributed by atoms with E-state index in [2.05, 4.69) is 44.6 Å². The van der Waals surface area contributed by atoms with Crippen LogP contribution in [0.15, 0.2) is 42.9 Å². The van der Waals surface area contributed by atoms with Gasteiger partial charge in [0.15, 0.2) is 6.23 Å². The maximum atomic E-state index is 12.3. The number of hydrogen-bond donors (Lipinski definition) is 4. The van der Waals surface area contributed by atoms with Crippen LogP contribution in [-0.2, 0) is 15.9 Å². The van der Waals surface area contributed by atoms with E-state index < -0.39 is 18.4 Å². The van der Waals surface area contributed by atoms with Crippen LogP contribution < -0.4 is 16.4 Å². The molecule has 38 heavy (non-hydrogen) atoms. The summed E-state index contributed by atoms with van der Waals surface area (Å²) < 4.78 is 14.2. The predicted octanol–water partition coefficient (Wildman–Crippen LogP) is 2.87. The van der Waals surface area contributed by atoms with Gasteiger partial charge in [-0.2, -0.15) is 0 Å². The van der Waals surface area contributed by atoms with Crippen LogP contribution in [0.5, 0.6) is 0 Å². The smallest absolute Gasteiger partial charge is 0.319 e. The molecule has 0 saturated carbocycles. The van der Waals surface area contributed by atoms with Crippen LogP contribution in [0, 0.1) is 0 Å². The van der Waals surface area contributed by atoms with Crippen LogP contribution in [0.4, 0.5) is 16.3 Å². The van der Waals surface area contributed by atoms with Crippen molar-refractivity contribution in [3.8, 4) is 0 Å². The van der Waals surface area contributed by atoms with Crippen molar-refractivity contribution in [1.82, 2.24) is 24.8 Å². The average molecular weight is 524 g/mol. The molecule has 2 aliphatic rings. The molecule has 204 valence electrons. The van der Waals surface area contributed by atoms with Gasteiger partial charge < -0.3 is 35.5 Å². The van der Waals surface area contributed by atoms with Crippen LogP contribution in [0.2, 0.25) is 0 Å². The molecule has 2 aliphatic heterocycles. The van der Waals surface area contributed by atoms with Gasteiger partial charge >= 0.3 is 6.03 Å². The second kappa shape index (κ2) is 11.6. The molecule has 5 atom stereocenters. The highest BCUT2D eigenvalue weighted by Crippen LogP contribution is 2.37. The number of rotatable bonds is 9. The Bertz CT molecular complexity index is 1230. The van der Waals surface area contributed by atoms with Crippen LogP contribution in [0.25, 0.3) is 11.0 Å². The second-order valence-corrected chi connectivity index (χ2v) is 10.0. The standard InChI is InChI=1S/C27H37N7O4/c1-3-4-6-18-7-9-19(10-8-18)32-27(36)29-12-5-13-33-15-21-23(37-17(33)2)22(35)26(38-21)34-14-11-20-24(28)30-16-31-25(20)34/h7-11,14,16-17,21-23,26,35H,3-6,12-13,15H2,1-2H3,(H2,28,30,31)(H2,29,32,36)/t17?,21?,22-,23-,26?/m1/s1. The zero-order valence-electron chi connectivity index (χ0n) is 21.9. The van der Waals surface area contributed by atoms with Crippen molar-refractivity contribution in [1.29, 1.82) is 0 Å². The minimum atomic E-state index is -0.845. The van der Waals surface area contributed by atoms with Crippen LogP contribution >= 0.6 is 0 Å². The molecular formula is C27H37N7O4. The Kier molecular flexibility index (Phi) is 8.08. The molecule has 11 nitrogen and oxygen atoms in total. The SMILES string of the molecule is CCCCc1ccc(NC(=O)NCCCN2CC3OC(n4ccc5c(N)ncnc54)[C@H](O)[C@@H]3OC2C)cc1. The number of nitrogens with two attached hydrogens (primary N) is 1. The largest absolute Gasteiger partial charge is 0.386 e. The fourth-order valence-electron chi connectivity index (χ4n) is 5.22. The number of amides is 2. The third-order valence-corrected chi connectivity index (χ3v) is 7.34. The molecule has 1 aromatic carbocycles. The Balaban J connectivity index is 1.09. The van der Waals surface area contributed by atoms with Gasteiger partial charge in [0.1, 0.15) is 42.3 Å². The van der Waals surface area contributed by atoms with E-state index in [0.717, 1.165) is 36.9 Å². The number of anilines is 2. The van der Waals surface area contributed by atoms with Gasteiger partial charge in [0, 0.05) is 31.5 Å². The molecule has 0 bridgehead atoms. The molecule has 4 heterocycles. The van der Waals surface area contributed by atoms with E-state index in [0.29, 0.717) is 24.6 Å².